The van der Waals surface area contributed by atoms with E-state index in [9.17, 15) is 4.79 Å². The van der Waals surface area contributed by atoms with Gasteiger partial charge in [-0.2, -0.15) is 0 Å². The number of aromatic carboxylic acids is 1. The SMILES string of the molecule is Cc1cc(CN(C)c2cnc(C(=O)O)cn2)no1. The van der Waals surface area contributed by atoms with Crippen molar-refractivity contribution >= 4 is 11.8 Å². The third-order valence-corrected chi connectivity index (χ3v) is 2.32. The zero-order valence-electron chi connectivity index (χ0n) is 9.99. The predicted molar refractivity (Wildman–Crippen MR) is 62.3 cm³/mol. The van der Waals surface area contributed by atoms with Crippen LogP contribution >= 0.6 is 0 Å². The number of anilines is 1. The summed E-state index contributed by atoms with van der Waals surface area (Å²) in [6.45, 7) is 2.33. The fraction of sp³-hybridized carbons (Fsp3) is 0.273. The van der Waals surface area contributed by atoms with Gasteiger partial charge in [0.25, 0.3) is 0 Å². The molecule has 0 radical (unpaired) electrons. The van der Waals surface area contributed by atoms with Crippen LogP contribution in [0, 0.1) is 6.92 Å². The molecule has 0 aliphatic heterocycles. The summed E-state index contributed by atoms with van der Waals surface area (Å²) in [6.07, 6.45) is 2.64. The molecule has 0 aliphatic carbocycles. The van der Waals surface area contributed by atoms with Crippen molar-refractivity contribution in [2.24, 2.45) is 0 Å². The number of hydrogen-bond donors (Lipinski definition) is 1. The van der Waals surface area contributed by atoms with E-state index in [4.69, 9.17) is 9.63 Å². The second-order valence-corrected chi connectivity index (χ2v) is 3.85. The Bertz CT molecular complexity index is 550. The maximum Gasteiger partial charge on any atom is 0.356 e. The molecule has 2 aromatic rings. The Balaban J connectivity index is 2.09. The molecule has 0 bridgehead atoms. The first kappa shape index (κ1) is 12.0. The normalized spacial score (nSPS) is 10.3. The molecule has 2 rings (SSSR count). The van der Waals surface area contributed by atoms with E-state index in [-0.39, 0.29) is 5.69 Å². The van der Waals surface area contributed by atoms with Crippen LogP contribution in [0.5, 0.6) is 0 Å². The molecule has 94 valence electrons. The zero-order valence-corrected chi connectivity index (χ0v) is 9.99. The van der Waals surface area contributed by atoms with Crippen LogP contribution in [0.2, 0.25) is 0 Å². The smallest absolute Gasteiger partial charge is 0.356 e. The topological polar surface area (TPSA) is 92.4 Å². The van der Waals surface area contributed by atoms with Gasteiger partial charge in [0.15, 0.2) is 5.69 Å². The zero-order chi connectivity index (χ0) is 13.1. The van der Waals surface area contributed by atoms with Gasteiger partial charge in [-0.05, 0) is 6.92 Å². The van der Waals surface area contributed by atoms with Gasteiger partial charge >= 0.3 is 5.97 Å². The minimum atomic E-state index is -1.09. The lowest BCUT2D eigenvalue weighted by Crippen LogP contribution is -2.18. The van der Waals surface area contributed by atoms with Crippen molar-refractivity contribution in [3.8, 4) is 0 Å². The Morgan fingerprint density at radius 2 is 2.22 bits per heavy atom. The molecule has 0 aliphatic rings. The average molecular weight is 248 g/mol. The average Bonchev–Trinajstić information content (AvgIpc) is 2.75. The molecule has 0 saturated heterocycles. The van der Waals surface area contributed by atoms with Crippen LogP contribution in [0.15, 0.2) is 23.0 Å². The molecule has 2 aromatic heterocycles. The van der Waals surface area contributed by atoms with Crippen molar-refractivity contribution in [2.75, 3.05) is 11.9 Å². The summed E-state index contributed by atoms with van der Waals surface area (Å²) in [5.74, 6) is 0.218. The van der Waals surface area contributed by atoms with Crippen molar-refractivity contribution in [1.82, 2.24) is 15.1 Å². The lowest BCUT2D eigenvalue weighted by atomic mass is 10.3. The number of aryl methyl sites for hydroxylation is 1. The van der Waals surface area contributed by atoms with E-state index >= 15 is 0 Å². The summed E-state index contributed by atoms with van der Waals surface area (Å²) in [5.41, 5.74) is 0.698. The van der Waals surface area contributed by atoms with Crippen LogP contribution in [0.3, 0.4) is 0 Å². The van der Waals surface area contributed by atoms with E-state index in [1.54, 1.807) is 4.90 Å². The highest BCUT2D eigenvalue weighted by atomic mass is 16.5. The van der Waals surface area contributed by atoms with Crippen molar-refractivity contribution in [1.29, 1.82) is 0 Å². The van der Waals surface area contributed by atoms with E-state index in [2.05, 4.69) is 15.1 Å². The van der Waals surface area contributed by atoms with Gasteiger partial charge in [0.05, 0.1) is 18.9 Å². The standard InChI is InChI=1S/C11H12N4O3/c1-7-3-8(14-18-7)6-15(2)10-5-12-9(4-13-10)11(16)17/h3-5H,6H2,1-2H3,(H,16,17). The lowest BCUT2D eigenvalue weighted by molar-refractivity contribution is 0.0690. The minimum Gasteiger partial charge on any atom is -0.476 e. The molecule has 0 spiro atoms. The van der Waals surface area contributed by atoms with Gasteiger partial charge in [-0.15, -0.1) is 0 Å². The van der Waals surface area contributed by atoms with Crippen LogP contribution in [0.1, 0.15) is 21.9 Å². The summed E-state index contributed by atoms with van der Waals surface area (Å²) >= 11 is 0. The fourth-order valence-corrected chi connectivity index (χ4v) is 1.45. The molecule has 7 heteroatoms. The van der Waals surface area contributed by atoms with Crippen LogP contribution in [0.4, 0.5) is 5.82 Å². The molecule has 0 atom stereocenters. The summed E-state index contributed by atoms with van der Waals surface area (Å²) < 4.78 is 4.96. The Morgan fingerprint density at radius 3 is 2.72 bits per heavy atom. The maximum absolute atomic E-state index is 10.6. The molecule has 2 heterocycles. The molecule has 0 aromatic carbocycles. The van der Waals surface area contributed by atoms with Crippen LogP contribution < -0.4 is 4.90 Å². The Kier molecular flexibility index (Phi) is 3.22. The monoisotopic (exact) mass is 248 g/mol. The lowest BCUT2D eigenvalue weighted by Gasteiger charge is -2.15. The van der Waals surface area contributed by atoms with Gasteiger partial charge in [0, 0.05) is 13.1 Å². The Hall–Kier alpha value is -2.44. The first-order valence-electron chi connectivity index (χ1n) is 5.25. The van der Waals surface area contributed by atoms with E-state index in [0.717, 1.165) is 11.5 Å². The van der Waals surface area contributed by atoms with Crippen molar-refractivity contribution in [2.45, 2.75) is 13.5 Å². The number of carbonyl (C=O) groups is 1. The quantitative estimate of drug-likeness (QED) is 0.866. The van der Waals surface area contributed by atoms with Gasteiger partial charge in [0.1, 0.15) is 17.3 Å². The van der Waals surface area contributed by atoms with Crippen LogP contribution in [0.25, 0.3) is 0 Å². The maximum atomic E-state index is 10.6. The Labute approximate surface area is 103 Å². The third kappa shape index (κ3) is 2.62. The molecule has 18 heavy (non-hydrogen) atoms. The van der Waals surface area contributed by atoms with E-state index in [1.807, 2.05) is 20.0 Å². The van der Waals surface area contributed by atoms with E-state index in [0.29, 0.717) is 12.4 Å². The number of carboxylic acids is 1. The second-order valence-electron chi connectivity index (χ2n) is 3.85. The number of nitrogens with zero attached hydrogens (tertiary/aromatic N) is 4. The fourth-order valence-electron chi connectivity index (χ4n) is 1.45. The number of carboxylic acid groups (broad SMARTS) is 1. The van der Waals surface area contributed by atoms with Gasteiger partial charge in [0.2, 0.25) is 0 Å². The minimum absolute atomic E-state index is 0.0792. The van der Waals surface area contributed by atoms with Crippen molar-refractivity contribution < 1.29 is 14.4 Å². The highest BCUT2D eigenvalue weighted by Gasteiger charge is 2.09. The van der Waals surface area contributed by atoms with Crippen molar-refractivity contribution in [3.63, 3.8) is 0 Å². The summed E-state index contributed by atoms with van der Waals surface area (Å²) in [5, 5.41) is 12.6. The van der Waals surface area contributed by atoms with Crippen LogP contribution in [-0.4, -0.2) is 33.2 Å². The first-order chi connectivity index (χ1) is 8.56. The molecule has 0 saturated carbocycles. The summed E-state index contributed by atoms with van der Waals surface area (Å²) in [7, 11) is 1.81. The van der Waals surface area contributed by atoms with E-state index in [1.165, 1.54) is 12.4 Å². The predicted octanol–water partition coefficient (Wildman–Crippen LogP) is 1.11. The third-order valence-electron chi connectivity index (χ3n) is 2.32. The second kappa shape index (κ2) is 4.82. The number of hydrogen-bond acceptors (Lipinski definition) is 6. The highest BCUT2D eigenvalue weighted by molar-refractivity contribution is 5.84. The molecular weight excluding hydrogens is 236 g/mol. The molecule has 7 nitrogen and oxygen atoms in total. The first-order valence-corrected chi connectivity index (χ1v) is 5.25. The Morgan fingerprint density at radius 1 is 1.44 bits per heavy atom. The highest BCUT2D eigenvalue weighted by Crippen LogP contribution is 2.11. The van der Waals surface area contributed by atoms with Gasteiger partial charge in [-0.1, -0.05) is 5.16 Å². The summed E-state index contributed by atoms with van der Waals surface area (Å²) in [4.78, 5) is 20.3. The number of aromatic nitrogens is 3. The van der Waals surface area contributed by atoms with Gasteiger partial charge in [-0.25, -0.2) is 14.8 Å². The number of rotatable bonds is 4. The molecule has 0 amide bonds. The largest absolute Gasteiger partial charge is 0.476 e. The molecule has 1 N–H and O–H groups in total. The van der Waals surface area contributed by atoms with Crippen molar-refractivity contribution in [3.05, 3.63) is 35.6 Å². The van der Waals surface area contributed by atoms with Crippen LogP contribution in [-0.2, 0) is 6.54 Å². The van der Waals surface area contributed by atoms with Gasteiger partial charge < -0.3 is 14.5 Å². The molecule has 0 fully saturated rings. The molecule has 0 unspecified atom stereocenters. The summed E-state index contributed by atoms with van der Waals surface area (Å²) in [6, 6.07) is 1.83. The van der Waals surface area contributed by atoms with Gasteiger partial charge in [-0.3, -0.25) is 0 Å². The molecular formula is C11H12N4O3. The van der Waals surface area contributed by atoms with E-state index < -0.39 is 5.97 Å².